The predicted molar refractivity (Wildman–Crippen MR) is 68.6 cm³/mol. The predicted octanol–water partition coefficient (Wildman–Crippen LogP) is 1.55. The summed E-state index contributed by atoms with van der Waals surface area (Å²) in [5, 5.41) is 1.07. The van der Waals surface area contributed by atoms with Crippen LogP contribution in [0.4, 0.5) is 0 Å². The van der Waals surface area contributed by atoms with Crippen LogP contribution in [0.2, 0.25) is 5.82 Å². The molecule has 17 heavy (non-hydrogen) atoms. The smallest absolute Gasteiger partial charge is 0.300 e. The van der Waals surface area contributed by atoms with Crippen molar-refractivity contribution in [3.8, 4) is 0 Å². The molecule has 0 fully saturated rings. The van der Waals surface area contributed by atoms with Gasteiger partial charge < -0.3 is 4.74 Å². The number of nitrogens with zero attached hydrogens (tertiary/aromatic N) is 1. The van der Waals surface area contributed by atoms with Crippen molar-refractivity contribution in [3.63, 3.8) is 0 Å². The average molecular weight is 226 g/mol. The van der Waals surface area contributed by atoms with Gasteiger partial charge in [0.15, 0.2) is 7.28 Å². The van der Waals surface area contributed by atoms with Crippen LogP contribution >= 0.6 is 0 Å². The lowest BCUT2D eigenvalue weighted by Gasteiger charge is -2.09. The molecule has 1 aromatic heterocycles. The molecule has 1 radical (unpaired) electrons. The first-order chi connectivity index (χ1) is 8.22. The Labute approximate surface area is 101 Å². The molecular formula is C13H13BNO2. The fourth-order valence-electron chi connectivity index (χ4n) is 1.79. The van der Waals surface area contributed by atoms with E-state index in [1.54, 1.807) is 6.20 Å². The van der Waals surface area contributed by atoms with Gasteiger partial charge in [0.2, 0.25) is 0 Å². The molecular weight excluding hydrogens is 213 g/mol. The lowest BCUT2D eigenvalue weighted by atomic mass is 9.59. The van der Waals surface area contributed by atoms with Crippen molar-refractivity contribution in [2.45, 2.75) is 12.7 Å². The maximum atomic E-state index is 11.4. The number of carbonyl (C=O) groups excluding carboxylic acids is 1. The number of hydrogen-bond donors (Lipinski definition) is 0. The molecule has 0 aliphatic heterocycles. The molecule has 0 N–H and O–H groups in total. The van der Waals surface area contributed by atoms with Crippen LogP contribution in [0.3, 0.4) is 0 Å². The fourth-order valence-corrected chi connectivity index (χ4v) is 1.79. The van der Waals surface area contributed by atoms with Crippen LogP contribution in [-0.4, -0.2) is 25.3 Å². The second-order valence-electron chi connectivity index (χ2n) is 3.90. The first kappa shape index (κ1) is 11.6. The van der Waals surface area contributed by atoms with Gasteiger partial charge in [-0.2, -0.15) is 0 Å². The summed E-state index contributed by atoms with van der Waals surface area (Å²) >= 11 is 0. The Hall–Kier alpha value is -1.84. The van der Waals surface area contributed by atoms with Crippen LogP contribution in [0.1, 0.15) is 6.92 Å². The molecule has 2 rings (SSSR count). The van der Waals surface area contributed by atoms with Gasteiger partial charge in [0.05, 0.1) is 12.6 Å². The number of esters is 1. The summed E-state index contributed by atoms with van der Waals surface area (Å²) in [4.78, 5) is 15.7. The number of pyridine rings is 1. The Kier molecular flexibility index (Phi) is 3.42. The van der Waals surface area contributed by atoms with Gasteiger partial charge in [-0.3, -0.25) is 9.78 Å². The van der Waals surface area contributed by atoms with Gasteiger partial charge in [0, 0.05) is 12.0 Å². The summed E-state index contributed by atoms with van der Waals surface area (Å²) in [6, 6.07) is 9.81. The zero-order valence-corrected chi connectivity index (χ0v) is 9.88. The number of ether oxygens (including phenoxy) is 1. The van der Waals surface area contributed by atoms with Gasteiger partial charge in [-0.05, 0) is 11.5 Å². The SMILES string of the molecule is COC(=O)C(C)[B]c1cccc2cccnc12. The quantitative estimate of drug-likeness (QED) is 0.588. The van der Waals surface area contributed by atoms with E-state index < -0.39 is 0 Å². The minimum atomic E-state index is -0.271. The number of aromatic nitrogens is 1. The molecule has 85 valence electrons. The Balaban J connectivity index is 2.33. The maximum Gasteiger partial charge on any atom is 0.300 e. The lowest BCUT2D eigenvalue weighted by molar-refractivity contribution is -0.140. The molecule has 0 spiro atoms. The third kappa shape index (κ3) is 2.46. The van der Waals surface area contributed by atoms with Gasteiger partial charge in [-0.1, -0.05) is 36.7 Å². The molecule has 0 bridgehead atoms. The number of benzene rings is 1. The van der Waals surface area contributed by atoms with Crippen LogP contribution in [0.5, 0.6) is 0 Å². The minimum Gasteiger partial charge on any atom is -0.469 e. The van der Waals surface area contributed by atoms with E-state index in [4.69, 9.17) is 4.74 Å². The van der Waals surface area contributed by atoms with Crippen LogP contribution in [0.25, 0.3) is 10.9 Å². The highest BCUT2D eigenvalue weighted by Crippen LogP contribution is 2.10. The highest BCUT2D eigenvalue weighted by atomic mass is 16.5. The van der Waals surface area contributed by atoms with Crippen LogP contribution in [0, 0.1) is 0 Å². The monoisotopic (exact) mass is 226 g/mol. The fraction of sp³-hybridized carbons (Fsp3) is 0.231. The third-order valence-electron chi connectivity index (χ3n) is 2.67. The van der Waals surface area contributed by atoms with Gasteiger partial charge in [0.25, 0.3) is 0 Å². The molecule has 4 heteroatoms. The highest BCUT2D eigenvalue weighted by Gasteiger charge is 2.16. The van der Waals surface area contributed by atoms with Gasteiger partial charge in [-0.15, -0.1) is 0 Å². The summed E-state index contributed by atoms with van der Waals surface area (Å²) in [7, 11) is 3.27. The Bertz CT molecular complexity index is 536. The number of hydrogen-bond acceptors (Lipinski definition) is 3. The first-order valence-electron chi connectivity index (χ1n) is 5.49. The van der Waals surface area contributed by atoms with Gasteiger partial charge in [-0.25, -0.2) is 0 Å². The molecule has 3 nitrogen and oxygen atoms in total. The van der Waals surface area contributed by atoms with E-state index in [1.165, 1.54) is 7.11 Å². The number of methoxy groups -OCH3 is 1. The minimum absolute atomic E-state index is 0.238. The standard InChI is InChI=1S/C13H13BNO2/c1-9(13(16)17-2)14-11-7-3-5-10-6-4-8-15-12(10)11/h3-9H,1-2H3. The molecule has 1 atom stereocenters. The van der Waals surface area contributed by atoms with Crippen molar-refractivity contribution >= 4 is 29.6 Å². The second-order valence-corrected chi connectivity index (χ2v) is 3.90. The maximum absolute atomic E-state index is 11.4. The lowest BCUT2D eigenvalue weighted by Crippen LogP contribution is -2.25. The second kappa shape index (κ2) is 5.00. The number of fused-ring (bicyclic) bond motifs is 1. The van der Waals surface area contributed by atoms with Gasteiger partial charge in [0.1, 0.15) is 0 Å². The molecule has 2 aromatic rings. The molecule has 0 saturated carbocycles. The van der Waals surface area contributed by atoms with Crippen molar-refractivity contribution in [1.82, 2.24) is 4.98 Å². The van der Waals surface area contributed by atoms with Crippen LogP contribution in [-0.2, 0) is 9.53 Å². The Morgan fingerprint density at radius 2 is 2.12 bits per heavy atom. The summed E-state index contributed by atoms with van der Waals surface area (Å²) < 4.78 is 4.71. The molecule has 1 heterocycles. The zero-order valence-electron chi connectivity index (χ0n) is 9.88. The van der Waals surface area contributed by atoms with Crippen molar-refractivity contribution in [2.24, 2.45) is 0 Å². The van der Waals surface area contributed by atoms with E-state index in [2.05, 4.69) is 4.98 Å². The van der Waals surface area contributed by atoms with E-state index in [-0.39, 0.29) is 11.8 Å². The van der Waals surface area contributed by atoms with E-state index in [1.807, 2.05) is 44.5 Å². The van der Waals surface area contributed by atoms with Crippen molar-refractivity contribution < 1.29 is 9.53 Å². The highest BCUT2D eigenvalue weighted by molar-refractivity contribution is 6.61. The summed E-state index contributed by atoms with van der Waals surface area (Å²) in [6.45, 7) is 1.81. The van der Waals surface area contributed by atoms with E-state index in [9.17, 15) is 4.79 Å². The molecule has 0 aliphatic rings. The summed E-state index contributed by atoms with van der Waals surface area (Å²) in [6.07, 6.45) is 1.75. The number of carbonyl (C=O) groups is 1. The average Bonchev–Trinajstić information content (AvgIpc) is 2.38. The molecule has 1 aromatic carbocycles. The van der Waals surface area contributed by atoms with Crippen molar-refractivity contribution in [1.29, 1.82) is 0 Å². The molecule has 1 unspecified atom stereocenters. The summed E-state index contributed by atoms with van der Waals surface area (Å²) in [5.74, 6) is -0.509. The van der Waals surface area contributed by atoms with E-state index in [0.717, 1.165) is 16.4 Å². The van der Waals surface area contributed by atoms with Crippen LogP contribution < -0.4 is 5.46 Å². The Morgan fingerprint density at radius 1 is 1.35 bits per heavy atom. The van der Waals surface area contributed by atoms with Crippen molar-refractivity contribution in [3.05, 3.63) is 36.5 Å². The normalized spacial score (nSPS) is 12.1. The molecule has 0 aliphatic carbocycles. The third-order valence-corrected chi connectivity index (χ3v) is 2.67. The topological polar surface area (TPSA) is 39.2 Å². The largest absolute Gasteiger partial charge is 0.469 e. The van der Waals surface area contributed by atoms with E-state index in [0.29, 0.717) is 0 Å². The van der Waals surface area contributed by atoms with Gasteiger partial charge >= 0.3 is 5.97 Å². The first-order valence-corrected chi connectivity index (χ1v) is 5.49. The summed E-state index contributed by atoms with van der Waals surface area (Å²) in [5.41, 5.74) is 1.87. The Morgan fingerprint density at radius 3 is 2.88 bits per heavy atom. The van der Waals surface area contributed by atoms with Crippen molar-refractivity contribution in [2.75, 3.05) is 7.11 Å². The number of rotatable bonds is 3. The number of para-hydroxylation sites is 1. The molecule has 0 saturated heterocycles. The zero-order chi connectivity index (χ0) is 12.3. The van der Waals surface area contributed by atoms with Crippen LogP contribution in [0.15, 0.2) is 36.5 Å². The van der Waals surface area contributed by atoms with E-state index >= 15 is 0 Å². The molecule has 0 amide bonds.